The van der Waals surface area contributed by atoms with Gasteiger partial charge in [0.05, 0.1) is 0 Å². The van der Waals surface area contributed by atoms with Crippen molar-refractivity contribution in [3.63, 3.8) is 0 Å². The van der Waals surface area contributed by atoms with Crippen LogP contribution >= 0.6 is 17.0 Å². The summed E-state index contributed by atoms with van der Waals surface area (Å²) in [6.45, 7) is 0. The van der Waals surface area contributed by atoms with E-state index in [0.29, 0.717) is 11.8 Å². The Bertz CT molecular complexity index is 1260. The van der Waals surface area contributed by atoms with E-state index in [9.17, 15) is 0 Å². The van der Waals surface area contributed by atoms with Gasteiger partial charge in [-0.3, -0.25) is 6.08 Å². The molecule has 0 aromatic heterocycles. The van der Waals surface area contributed by atoms with Crippen LogP contribution in [0.15, 0.2) is 121 Å². The predicted octanol–water partition coefficient (Wildman–Crippen LogP) is 5.20. The largest absolute Gasteiger partial charge is 3.00 e. The maximum absolute atomic E-state index is 4.93. The van der Waals surface area contributed by atoms with Crippen LogP contribution in [-0.4, -0.2) is 0 Å². The predicted molar refractivity (Wildman–Crippen MR) is 168 cm³/mol. The first-order chi connectivity index (χ1) is 17.3. The molecule has 0 spiro atoms. The van der Waals surface area contributed by atoms with Gasteiger partial charge in [0.15, 0.2) is 0 Å². The van der Waals surface area contributed by atoms with Crippen molar-refractivity contribution in [2.75, 3.05) is 0 Å². The zero-order chi connectivity index (χ0) is 24.3. The van der Waals surface area contributed by atoms with E-state index in [0.717, 1.165) is 6.42 Å². The summed E-state index contributed by atoms with van der Waals surface area (Å²) in [5, 5.41) is 2.66. The molecule has 0 bridgehead atoms. The molecule has 0 nitrogen and oxygen atoms in total. The van der Waals surface area contributed by atoms with Crippen LogP contribution in [-0.2, 0) is 47.1 Å². The molecule has 4 aromatic carbocycles. The van der Waals surface area contributed by atoms with E-state index in [1.807, 2.05) is 12.2 Å². The Kier molecular flexibility index (Phi) is 26.7. The maximum Gasteiger partial charge on any atom is 3.00 e. The minimum atomic E-state index is -0.826. The fraction of sp³-hybridized carbons (Fsp3) is 0.0857. The van der Waals surface area contributed by atoms with Gasteiger partial charge in [0.1, 0.15) is 0 Å². The summed E-state index contributed by atoms with van der Waals surface area (Å²) in [6.07, 6.45) is 19.2. The van der Waals surface area contributed by atoms with E-state index in [1.165, 1.54) is 33.0 Å². The summed E-state index contributed by atoms with van der Waals surface area (Å²) < 4.78 is 0. The number of fused-ring (bicyclic) bond motifs is 3. The second kappa shape index (κ2) is 24.6. The molecule has 6 heteroatoms. The van der Waals surface area contributed by atoms with Crippen LogP contribution in [0.1, 0.15) is 40.5 Å². The number of halogens is 4. The molecule has 3 aliphatic carbocycles. The van der Waals surface area contributed by atoms with E-state index >= 15 is 0 Å². The van der Waals surface area contributed by atoms with Gasteiger partial charge in [-0.1, -0.05) is 78.9 Å². The third-order valence-electron chi connectivity index (χ3n) is 6.20. The zero-order valence-electron chi connectivity index (χ0n) is 23.6. The van der Waals surface area contributed by atoms with Crippen molar-refractivity contribution in [2.24, 2.45) is 0 Å². The average Bonchev–Trinajstić information content (AvgIpc) is 3.71. The third kappa shape index (κ3) is 12.7. The summed E-state index contributed by atoms with van der Waals surface area (Å²) in [5.41, 5.74) is 5.67. The molecule has 0 saturated heterocycles. The summed E-state index contributed by atoms with van der Waals surface area (Å²) in [4.78, 5) is 0. The number of rotatable bonds is 1. The molecule has 7 rings (SSSR count). The van der Waals surface area contributed by atoms with Crippen molar-refractivity contribution in [1.82, 2.24) is 0 Å². The molecule has 4 aromatic rings. The van der Waals surface area contributed by atoms with Crippen LogP contribution in [0.4, 0.5) is 0 Å². The molecule has 1 radical (unpaired) electrons. The smallest absolute Gasteiger partial charge is 0.168 e. The molecule has 0 heterocycles. The van der Waals surface area contributed by atoms with Gasteiger partial charge in [0.25, 0.3) is 0 Å². The van der Waals surface area contributed by atoms with E-state index in [2.05, 4.69) is 127 Å². The topological polar surface area (TPSA) is 0 Å². The van der Waals surface area contributed by atoms with Crippen LogP contribution in [0, 0.1) is 28.4 Å². The molecule has 2 atom stereocenters. The Balaban J connectivity index is -0.000000538. The normalized spacial score (nSPS) is 14.9. The molecular weight excluding hydrogens is 745 g/mol. The monoisotopic (exact) mass is 775 g/mol. The van der Waals surface area contributed by atoms with E-state index < -0.39 is 20.8 Å². The first-order valence-electron chi connectivity index (χ1n) is 11.6. The van der Waals surface area contributed by atoms with Crippen LogP contribution in [0.25, 0.3) is 22.9 Å². The summed E-state index contributed by atoms with van der Waals surface area (Å²) in [6, 6.07) is 32.1. The first-order valence-corrected chi connectivity index (χ1v) is 18.0. The molecule has 0 N–H and O–H groups in total. The summed E-state index contributed by atoms with van der Waals surface area (Å²) in [5.74, 6) is 1.00. The van der Waals surface area contributed by atoms with Crippen LogP contribution in [0.3, 0.4) is 0 Å². The average molecular weight is 780 g/mol. The van der Waals surface area contributed by atoms with Gasteiger partial charge < -0.3 is 47.1 Å². The van der Waals surface area contributed by atoms with Crippen molar-refractivity contribution >= 4 is 40.0 Å². The molecule has 215 valence electrons. The Hall–Kier alpha value is -0.844. The fourth-order valence-electron chi connectivity index (χ4n) is 4.59. The van der Waals surface area contributed by atoms with Gasteiger partial charge in [-0.05, 0) is 22.3 Å². The van der Waals surface area contributed by atoms with Gasteiger partial charge in [-0.25, -0.2) is 12.2 Å². The number of hydrogen-bond acceptors (Lipinski definition) is 0. The summed E-state index contributed by atoms with van der Waals surface area (Å²) >= 11 is -0.826. The van der Waals surface area contributed by atoms with Crippen molar-refractivity contribution in [3.05, 3.63) is 172 Å². The first kappa shape index (κ1) is 44.6. The van der Waals surface area contributed by atoms with E-state index in [-0.39, 0.29) is 73.3 Å². The molecule has 41 heavy (non-hydrogen) atoms. The minimum Gasteiger partial charge on any atom is -0.168 e. The Morgan fingerprint density at radius 2 is 1.20 bits per heavy atom. The molecule has 0 saturated carbocycles. The van der Waals surface area contributed by atoms with Crippen LogP contribution < -0.4 is 24.8 Å². The van der Waals surface area contributed by atoms with Gasteiger partial charge in [0.2, 0.25) is 0 Å². The molecule has 0 aliphatic heterocycles. The third-order valence-corrected chi connectivity index (χ3v) is 6.20. The molecule has 0 amide bonds. The second-order valence-corrected chi connectivity index (χ2v) is 12.0. The molecule has 3 aliphatic rings. The van der Waals surface area contributed by atoms with Crippen molar-refractivity contribution < 1.29 is 71.9 Å². The van der Waals surface area contributed by atoms with Crippen molar-refractivity contribution in [3.8, 4) is 0 Å². The van der Waals surface area contributed by atoms with Crippen LogP contribution in [0.5, 0.6) is 0 Å². The zero-order valence-corrected chi connectivity index (χ0v) is 31.5. The standard InChI is InChI=1S/C18H14.C9H7.C5H5.3CH3.4ClH.2Zr/c1-3-7-15-13(5-1)9-11-17(15)18-12-10-14-6-2-4-8-16(14)18;1-2-5-9-7-3-6-8(9)4-1;1-2-4-5-3-1;;;;;;;;;/h1-12,17-18H;1-7H;1-3H,4H2;3*1H3;4*1H;;/q;5*-1;;;;;+2;+3/p-4. The Morgan fingerprint density at radius 1 is 0.707 bits per heavy atom. The van der Waals surface area contributed by atoms with Gasteiger partial charge in [-0.2, -0.15) is 23.6 Å². The molecular formula is C35H35Cl4Zr2-4. The van der Waals surface area contributed by atoms with Gasteiger partial charge >= 0.3 is 64.1 Å². The number of allylic oxidation sites excluding steroid dienone is 6. The van der Waals surface area contributed by atoms with E-state index in [4.69, 9.17) is 17.0 Å². The van der Waals surface area contributed by atoms with Gasteiger partial charge in [0, 0.05) is 11.8 Å². The van der Waals surface area contributed by atoms with Crippen molar-refractivity contribution in [1.29, 1.82) is 0 Å². The quantitative estimate of drug-likeness (QED) is 0.233. The Morgan fingerprint density at radius 3 is 1.63 bits per heavy atom. The second-order valence-electron chi connectivity index (χ2n) is 8.26. The minimum absolute atomic E-state index is 0. The SMILES string of the molecule is C1=CC(C2C=Cc3ccccc32)c2ccccc21.[C-]1=CC=CC1.[CH3-].[CH3-].[CH3-].[Cl-].[Cl-].[Cl][Zr][Cl].[Zr+3].c1ccc2[cH-]ccc2c1. The molecule has 2 unspecified atom stereocenters. The number of benzene rings is 3. The van der Waals surface area contributed by atoms with Crippen LogP contribution in [0.2, 0.25) is 0 Å². The Labute approximate surface area is 299 Å². The van der Waals surface area contributed by atoms with Gasteiger partial charge in [-0.15, -0.1) is 36.1 Å². The van der Waals surface area contributed by atoms with E-state index in [1.54, 1.807) is 0 Å². The fourth-order valence-corrected chi connectivity index (χ4v) is 4.59. The number of hydrogen-bond donors (Lipinski definition) is 0. The summed E-state index contributed by atoms with van der Waals surface area (Å²) in [7, 11) is 9.87. The van der Waals surface area contributed by atoms with Crippen molar-refractivity contribution in [2.45, 2.75) is 18.3 Å². The molecule has 0 fully saturated rings. The maximum atomic E-state index is 4.93.